The van der Waals surface area contributed by atoms with Crippen molar-refractivity contribution in [2.24, 2.45) is 0 Å². The van der Waals surface area contributed by atoms with Crippen LogP contribution < -0.4 is 0 Å². The molecule has 0 aliphatic carbocycles. The van der Waals surface area contributed by atoms with Gasteiger partial charge in [-0.2, -0.15) is 0 Å². The van der Waals surface area contributed by atoms with Gasteiger partial charge in [0.1, 0.15) is 0 Å². The molecule has 0 aliphatic rings. The van der Waals surface area contributed by atoms with E-state index in [1.165, 1.54) is 13.0 Å². The molecular weight excluding hydrogens is 190 g/mol. The van der Waals surface area contributed by atoms with E-state index in [1.54, 1.807) is 24.3 Å². The molecule has 0 atom stereocenters. The van der Waals surface area contributed by atoms with E-state index in [9.17, 15) is 10.1 Å². The van der Waals surface area contributed by atoms with E-state index in [1.807, 2.05) is 0 Å². The van der Waals surface area contributed by atoms with Crippen LogP contribution in [0.1, 0.15) is 12.5 Å². The van der Waals surface area contributed by atoms with Gasteiger partial charge in [-0.25, -0.2) is 0 Å². The van der Waals surface area contributed by atoms with Crippen LogP contribution in [0, 0.1) is 10.1 Å². The van der Waals surface area contributed by atoms with Crippen LogP contribution in [0.3, 0.4) is 0 Å². The maximum absolute atomic E-state index is 10.3. The lowest BCUT2D eigenvalue weighted by molar-refractivity contribution is -0.422. The van der Waals surface area contributed by atoms with E-state index >= 15 is 0 Å². The van der Waals surface area contributed by atoms with E-state index in [2.05, 4.69) is 0 Å². The SMILES string of the molecule is CC(=Cc1ccc(Cl)cc1)[N+](=O)[O-]. The van der Waals surface area contributed by atoms with Crippen molar-refractivity contribution in [2.45, 2.75) is 6.92 Å². The smallest absolute Gasteiger partial charge is 0.243 e. The van der Waals surface area contributed by atoms with Gasteiger partial charge in [0.2, 0.25) is 5.70 Å². The number of benzene rings is 1. The van der Waals surface area contributed by atoms with Crippen molar-refractivity contribution in [2.75, 3.05) is 0 Å². The second-order valence-electron chi connectivity index (χ2n) is 2.59. The molecule has 4 heteroatoms. The first-order chi connectivity index (χ1) is 6.09. The molecule has 13 heavy (non-hydrogen) atoms. The van der Waals surface area contributed by atoms with E-state index in [4.69, 9.17) is 11.6 Å². The molecule has 0 unspecified atom stereocenters. The zero-order valence-electron chi connectivity index (χ0n) is 7.03. The molecule has 1 aromatic rings. The van der Waals surface area contributed by atoms with Crippen molar-refractivity contribution < 1.29 is 4.92 Å². The molecular formula is C9H8ClNO2. The third kappa shape index (κ3) is 2.87. The van der Waals surface area contributed by atoms with Crippen molar-refractivity contribution in [1.29, 1.82) is 0 Å². The van der Waals surface area contributed by atoms with Crippen LogP contribution in [-0.2, 0) is 0 Å². The number of nitro groups is 1. The molecule has 68 valence electrons. The van der Waals surface area contributed by atoms with Crippen molar-refractivity contribution in [3.8, 4) is 0 Å². The summed E-state index contributed by atoms with van der Waals surface area (Å²) in [6, 6.07) is 6.85. The largest absolute Gasteiger partial charge is 0.259 e. The van der Waals surface area contributed by atoms with Crippen LogP contribution in [0.5, 0.6) is 0 Å². The molecule has 0 fully saturated rings. The minimum atomic E-state index is -0.422. The topological polar surface area (TPSA) is 43.1 Å². The molecule has 1 rings (SSSR count). The molecule has 0 N–H and O–H groups in total. The summed E-state index contributed by atoms with van der Waals surface area (Å²) in [4.78, 5) is 9.86. The summed E-state index contributed by atoms with van der Waals surface area (Å²) >= 11 is 5.66. The second-order valence-corrected chi connectivity index (χ2v) is 3.03. The van der Waals surface area contributed by atoms with E-state index in [0.29, 0.717) is 5.02 Å². The number of halogens is 1. The molecule has 0 heterocycles. The summed E-state index contributed by atoms with van der Waals surface area (Å²) < 4.78 is 0. The third-order valence-corrected chi connectivity index (χ3v) is 1.79. The highest BCUT2D eigenvalue weighted by Gasteiger charge is 2.00. The summed E-state index contributed by atoms with van der Waals surface area (Å²) in [7, 11) is 0. The Morgan fingerprint density at radius 2 is 2.00 bits per heavy atom. The summed E-state index contributed by atoms with van der Waals surface area (Å²) in [5.74, 6) is 0. The number of allylic oxidation sites excluding steroid dienone is 1. The predicted molar refractivity (Wildman–Crippen MR) is 52.1 cm³/mol. The summed E-state index contributed by atoms with van der Waals surface area (Å²) in [6.45, 7) is 1.45. The molecule has 0 aliphatic heterocycles. The van der Waals surface area contributed by atoms with Gasteiger partial charge in [-0.1, -0.05) is 23.7 Å². The van der Waals surface area contributed by atoms with Crippen molar-refractivity contribution in [3.05, 3.63) is 50.7 Å². The van der Waals surface area contributed by atoms with Crippen LogP contribution in [0.4, 0.5) is 0 Å². The van der Waals surface area contributed by atoms with Gasteiger partial charge in [-0.15, -0.1) is 0 Å². The monoisotopic (exact) mass is 197 g/mol. The minimum Gasteiger partial charge on any atom is -0.259 e. The first-order valence-corrected chi connectivity index (χ1v) is 4.05. The van der Waals surface area contributed by atoms with Crippen LogP contribution in [0.2, 0.25) is 5.02 Å². The zero-order valence-corrected chi connectivity index (χ0v) is 7.78. The van der Waals surface area contributed by atoms with Gasteiger partial charge in [-0.05, 0) is 17.7 Å². The van der Waals surface area contributed by atoms with Crippen LogP contribution in [0.25, 0.3) is 6.08 Å². The Morgan fingerprint density at radius 1 is 1.46 bits per heavy atom. The average molecular weight is 198 g/mol. The maximum Gasteiger partial charge on any atom is 0.243 e. The van der Waals surface area contributed by atoms with Gasteiger partial charge in [-0.3, -0.25) is 10.1 Å². The first-order valence-electron chi connectivity index (χ1n) is 3.68. The van der Waals surface area contributed by atoms with Crippen molar-refractivity contribution >= 4 is 17.7 Å². The van der Waals surface area contributed by atoms with Crippen molar-refractivity contribution in [3.63, 3.8) is 0 Å². The molecule has 3 nitrogen and oxygen atoms in total. The Hall–Kier alpha value is -1.35. The number of hydrogen-bond donors (Lipinski definition) is 0. The fourth-order valence-corrected chi connectivity index (χ4v) is 0.979. The Bertz CT molecular complexity index is 343. The van der Waals surface area contributed by atoms with E-state index < -0.39 is 4.92 Å². The van der Waals surface area contributed by atoms with Gasteiger partial charge in [0.25, 0.3) is 0 Å². The number of nitrogens with zero attached hydrogens (tertiary/aromatic N) is 1. The Morgan fingerprint density at radius 3 is 2.46 bits per heavy atom. The maximum atomic E-state index is 10.3. The summed E-state index contributed by atoms with van der Waals surface area (Å²) in [5, 5.41) is 10.9. The molecule has 1 aromatic carbocycles. The number of rotatable bonds is 2. The van der Waals surface area contributed by atoms with E-state index in [-0.39, 0.29) is 5.70 Å². The third-order valence-electron chi connectivity index (χ3n) is 1.53. The average Bonchev–Trinajstić information content (AvgIpc) is 2.08. The predicted octanol–water partition coefficient (Wildman–Crippen LogP) is 2.98. The summed E-state index contributed by atoms with van der Waals surface area (Å²) in [5.41, 5.74) is 0.890. The molecule has 0 bridgehead atoms. The van der Waals surface area contributed by atoms with Crippen LogP contribution in [0.15, 0.2) is 30.0 Å². The van der Waals surface area contributed by atoms with Gasteiger partial charge in [0.05, 0.1) is 4.92 Å². The highest BCUT2D eigenvalue weighted by Crippen LogP contribution is 2.12. The highest BCUT2D eigenvalue weighted by atomic mass is 35.5. The van der Waals surface area contributed by atoms with Crippen LogP contribution in [-0.4, -0.2) is 4.92 Å². The Labute approximate surface area is 80.8 Å². The second kappa shape index (κ2) is 4.05. The fraction of sp³-hybridized carbons (Fsp3) is 0.111. The van der Waals surface area contributed by atoms with Gasteiger partial charge < -0.3 is 0 Å². The fourth-order valence-electron chi connectivity index (χ4n) is 0.853. The highest BCUT2D eigenvalue weighted by molar-refractivity contribution is 6.30. The molecule has 0 aromatic heterocycles. The van der Waals surface area contributed by atoms with Crippen molar-refractivity contribution in [1.82, 2.24) is 0 Å². The molecule has 0 spiro atoms. The Balaban J connectivity index is 2.92. The van der Waals surface area contributed by atoms with Gasteiger partial charge in [0, 0.05) is 18.0 Å². The van der Waals surface area contributed by atoms with E-state index in [0.717, 1.165) is 5.56 Å². The summed E-state index contributed by atoms with van der Waals surface area (Å²) in [6.07, 6.45) is 1.50. The normalized spacial score (nSPS) is 11.4. The zero-order chi connectivity index (χ0) is 9.84. The molecule has 0 radical (unpaired) electrons. The van der Waals surface area contributed by atoms with Gasteiger partial charge in [0.15, 0.2) is 0 Å². The lowest BCUT2D eigenvalue weighted by Gasteiger charge is -1.93. The Kier molecular flexibility index (Phi) is 3.03. The first kappa shape index (κ1) is 9.74. The standard InChI is InChI=1S/C9H8ClNO2/c1-7(11(12)13)6-8-2-4-9(10)5-3-8/h2-6H,1H3. The minimum absolute atomic E-state index is 0.113. The quantitative estimate of drug-likeness (QED) is 0.540. The molecule has 0 amide bonds. The lowest BCUT2D eigenvalue weighted by Crippen LogP contribution is -1.92. The number of hydrogen-bond acceptors (Lipinski definition) is 2. The van der Waals surface area contributed by atoms with Gasteiger partial charge >= 0.3 is 0 Å². The molecule has 0 saturated carbocycles. The molecule has 0 saturated heterocycles. The lowest BCUT2D eigenvalue weighted by atomic mass is 10.2. The van der Waals surface area contributed by atoms with Crippen LogP contribution >= 0.6 is 11.6 Å².